The van der Waals surface area contributed by atoms with E-state index in [4.69, 9.17) is 0 Å². The number of nitrogens with zero attached hydrogens (tertiary/aromatic N) is 2. The van der Waals surface area contributed by atoms with Crippen LogP contribution in [0.2, 0.25) is 0 Å². The molecule has 0 radical (unpaired) electrons. The summed E-state index contributed by atoms with van der Waals surface area (Å²) in [6.45, 7) is 7.95. The van der Waals surface area contributed by atoms with Gasteiger partial charge < -0.3 is 5.11 Å². The SMILES string of the molecule is CCC(O)c1c(C)nn(CCCS(=O)(=O)CC)c1C. The van der Waals surface area contributed by atoms with E-state index in [1.807, 2.05) is 20.8 Å². The van der Waals surface area contributed by atoms with E-state index < -0.39 is 15.9 Å². The van der Waals surface area contributed by atoms with Crippen LogP contribution in [0.5, 0.6) is 0 Å². The number of aliphatic hydroxyl groups is 1. The summed E-state index contributed by atoms with van der Waals surface area (Å²) in [6, 6.07) is 0. The zero-order chi connectivity index (χ0) is 14.6. The van der Waals surface area contributed by atoms with Crippen LogP contribution >= 0.6 is 0 Å². The minimum Gasteiger partial charge on any atom is -0.388 e. The molecule has 0 saturated carbocycles. The van der Waals surface area contributed by atoms with Gasteiger partial charge in [0.1, 0.15) is 9.84 Å². The van der Waals surface area contributed by atoms with Crippen LogP contribution in [-0.2, 0) is 16.4 Å². The first-order valence-electron chi connectivity index (χ1n) is 6.74. The molecule has 1 unspecified atom stereocenters. The quantitative estimate of drug-likeness (QED) is 0.830. The third kappa shape index (κ3) is 4.04. The van der Waals surface area contributed by atoms with E-state index in [-0.39, 0.29) is 11.5 Å². The van der Waals surface area contributed by atoms with Crippen molar-refractivity contribution in [1.29, 1.82) is 0 Å². The van der Waals surface area contributed by atoms with Gasteiger partial charge >= 0.3 is 0 Å². The molecule has 1 atom stereocenters. The third-order valence-electron chi connectivity index (χ3n) is 3.42. The van der Waals surface area contributed by atoms with Crippen LogP contribution in [0.1, 0.15) is 49.7 Å². The molecule has 0 aromatic carbocycles. The van der Waals surface area contributed by atoms with Crippen molar-refractivity contribution in [3.05, 3.63) is 17.0 Å². The van der Waals surface area contributed by atoms with Crippen LogP contribution in [-0.4, -0.2) is 34.8 Å². The third-order valence-corrected chi connectivity index (χ3v) is 5.21. The number of hydrogen-bond acceptors (Lipinski definition) is 4. The molecule has 1 aromatic rings. The topological polar surface area (TPSA) is 72.2 Å². The Balaban J connectivity index is 2.76. The molecule has 0 saturated heterocycles. The fourth-order valence-corrected chi connectivity index (χ4v) is 3.05. The molecule has 0 bridgehead atoms. The lowest BCUT2D eigenvalue weighted by Crippen LogP contribution is -2.12. The standard InChI is InChI=1S/C13H24N2O3S/c1-5-12(16)13-10(3)14-15(11(13)4)8-7-9-19(17,18)6-2/h12,16H,5-9H2,1-4H3. The lowest BCUT2D eigenvalue weighted by atomic mass is 10.1. The van der Waals surface area contributed by atoms with Crippen LogP contribution in [0, 0.1) is 13.8 Å². The summed E-state index contributed by atoms with van der Waals surface area (Å²) in [4.78, 5) is 0. The lowest BCUT2D eigenvalue weighted by Gasteiger charge is -2.09. The zero-order valence-corrected chi connectivity index (χ0v) is 13.0. The van der Waals surface area contributed by atoms with Crippen LogP contribution in [0.15, 0.2) is 0 Å². The van der Waals surface area contributed by atoms with Crippen molar-refractivity contribution in [2.24, 2.45) is 0 Å². The highest BCUT2D eigenvalue weighted by atomic mass is 32.2. The van der Waals surface area contributed by atoms with Crippen molar-refractivity contribution in [2.45, 2.75) is 53.2 Å². The smallest absolute Gasteiger partial charge is 0.150 e. The van der Waals surface area contributed by atoms with Gasteiger partial charge in [-0.05, 0) is 26.7 Å². The van der Waals surface area contributed by atoms with Crippen LogP contribution < -0.4 is 0 Å². The number of aromatic nitrogens is 2. The fraction of sp³-hybridized carbons (Fsp3) is 0.769. The molecule has 5 nitrogen and oxygen atoms in total. The summed E-state index contributed by atoms with van der Waals surface area (Å²) in [5.41, 5.74) is 2.63. The Kier molecular flexibility index (Phi) is 5.55. The van der Waals surface area contributed by atoms with Crippen LogP contribution in [0.3, 0.4) is 0 Å². The van der Waals surface area contributed by atoms with Gasteiger partial charge in [0.2, 0.25) is 0 Å². The molecule has 110 valence electrons. The Morgan fingerprint density at radius 3 is 2.47 bits per heavy atom. The first-order chi connectivity index (χ1) is 8.82. The second-order valence-electron chi connectivity index (χ2n) is 4.82. The van der Waals surface area contributed by atoms with Gasteiger partial charge in [-0.15, -0.1) is 0 Å². The molecule has 1 rings (SSSR count). The second-order valence-corrected chi connectivity index (χ2v) is 7.29. The Morgan fingerprint density at radius 1 is 1.32 bits per heavy atom. The molecule has 1 N–H and O–H groups in total. The monoisotopic (exact) mass is 288 g/mol. The van der Waals surface area contributed by atoms with E-state index in [0.29, 0.717) is 19.4 Å². The number of hydrogen-bond donors (Lipinski definition) is 1. The molecule has 0 aliphatic carbocycles. The van der Waals surface area contributed by atoms with Gasteiger partial charge in [-0.3, -0.25) is 4.68 Å². The van der Waals surface area contributed by atoms with Gasteiger partial charge in [-0.25, -0.2) is 8.42 Å². The van der Waals surface area contributed by atoms with Crippen LogP contribution in [0.4, 0.5) is 0 Å². The molecule has 0 aliphatic heterocycles. The van der Waals surface area contributed by atoms with Crippen molar-refractivity contribution < 1.29 is 13.5 Å². The molecule has 1 heterocycles. The molecule has 0 spiro atoms. The molecule has 6 heteroatoms. The molecule has 1 aromatic heterocycles. The van der Waals surface area contributed by atoms with E-state index in [2.05, 4.69) is 5.10 Å². The fourth-order valence-electron chi connectivity index (χ4n) is 2.19. The second kappa shape index (κ2) is 6.52. The lowest BCUT2D eigenvalue weighted by molar-refractivity contribution is 0.172. The van der Waals surface area contributed by atoms with Gasteiger partial charge in [0, 0.05) is 23.6 Å². The average Bonchev–Trinajstić information content (AvgIpc) is 2.64. The Morgan fingerprint density at radius 2 is 1.95 bits per heavy atom. The molecule has 19 heavy (non-hydrogen) atoms. The number of aryl methyl sites for hydroxylation is 2. The van der Waals surface area contributed by atoms with E-state index in [0.717, 1.165) is 17.0 Å². The molecular weight excluding hydrogens is 264 g/mol. The summed E-state index contributed by atoms with van der Waals surface area (Å²) in [5, 5.41) is 14.3. The van der Waals surface area contributed by atoms with Gasteiger partial charge in [0.05, 0.1) is 17.6 Å². The van der Waals surface area contributed by atoms with Crippen molar-refractivity contribution in [3.63, 3.8) is 0 Å². The summed E-state index contributed by atoms with van der Waals surface area (Å²) >= 11 is 0. The van der Waals surface area contributed by atoms with E-state index >= 15 is 0 Å². The zero-order valence-electron chi connectivity index (χ0n) is 12.2. The Labute approximate surface area is 115 Å². The number of aliphatic hydroxyl groups excluding tert-OH is 1. The maximum absolute atomic E-state index is 11.4. The molecule has 0 aliphatic rings. The van der Waals surface area contributed by atoms with Gasteiger partial charge in [0.25, 0.3) is 0 Å². The summed E-state index contributed by atoms with van der Waals surface area (Å²) in [6.07, 6.45) is 0.713. The number of sulfone groups is 1. The highest BCUT2D eigenvalue weighted by molar-refractivity contribution is 7.91. The highest BCUT2D eigenvalue weighted by Crippen LogP contribution is 2.23. The van der Waals surface area contributed by atoms with Crippen molar-refractivity contribution in [3.8, 4) is 0 Å². The summed E-state index contributed by atoms with van der Waals surface area (Å²) < 4.78 is 24.7. The largest absolute Gasteiger partial charge is 0.388 e. The summed E-state index contributed by atoms with van der Waals surface area (Å²) in [7, 11) is -2.92. The Hall–Kier alpha value is -0.880. The molecular formula is C13H24N2O3S. The van der Waals surface area contributed by atoms with Crippen molar-refractivity contribution in [1.82, 2.24) is 9.78 Å². The van der Waals surface area contributed by atoms with Gasteiger partial charge in [-0.2, -0.15) is 5.10 Å². The minimum atomic E-state index is -2.92. The molecule has 0 amide bonds. The average molecular weight is 288 g/mol. The maximum Gasteiger partial charge on any atom is 0.150 e. The van der Waals surface area contributed by atoms with Crippen molar-refractivity contribution >= 4 is 9.84 Å². The summed E-state index contributed by atoms with van der Waals surface area (Å²) in [5.74, 6) is 0.372. The van der Waals surface area contributed by atoms with E-state index in [1.165, 1.54) is 0 Å². The normalized spacial score (nSPS) is 13.7. The highest BCUT2D eigenvalue weighted by Gasteiger charge is 2.17. The number of rotatable bonds is 7. The molecule has 0 fully saturated rings. The van der Waals surface area contributed by atoms with Gasteiger partial charge in [0.15, 0.2) is 0 Å². The maximum atomic E-state index is 11.4. The first kappa shape index (κ1) is 16.2. The van der Waals surface area contributed by atoms with E-state index in [1.54, 1.807) is 11.6 Å². The first-order valence-corrected chi connectivity index (χ1v) is 8.56. The van der Waals surface area contributed by atoms with E-state index in [9.17, 15) is 13.5 Å². The van der Waals surface area contributed by atoms with Crippen LogP contribution in [0.25, 0.3) is 0 Å². The van der Waals surface area contributed by atoms with Crippen molar-refractivity contribution in [2.75, 3.05) is 11.5 Å². The predicted molar refractivity (Wildman–Crippen MR) is 75.9 cm³/mol. The predicted octanol–water partition coefficient (Wildman–Crippen LogP) is 1.77. The Bertz CT molecular complexity index is 520. The minimum absolute atomic E-state index is 0.184. The van der Waals surface area contributed by atoms with Gasteiger partial charge in [-0.1, -0.05) is 13.8 Å².